The topological polar surface area (TPSA) is 118 Å². The minimum absolute atomic E-state index is 0.0111. The van der Waals surface area contributed by atoms with Crippen LogP contribution in [-0.2, 0) is 6.54 Å². The van der Waals surface area contributed by atoms with E-state index in [0.29, 0.717) is 12.1 Å². The summed E-state index contributed by atoms with van der Waals surface area (Å²) in [5.41, 5.74) is 2.71. The fraction of sp³-hybridized carbons (Fsp3) is 0.0870. The Morgan fingerprint density at radius 1 is 0.968 bits per heavy atom. The number of carboxylic acids is 2. The summed E-state index contributed by atoms with van der Waals surface area (Å²) in [6, 6.07) is 17.9. The molecule has 0 bridgehead atoms. The zero-order valence-electron chi connectivity index (χ0n) is 16.7. The summed E-state index contributed by atoms with van der Waals surface area (Å²) in [6.45, 7) is 2.31. The maximum absolute atomic E-state index is 10.6. The van der Waals surface area contributed by atoms with Crippen molar-refractivity contribution in [1.29, 1.82) is 0 Å². The highest BCUT2D eigenvalue weighted by molar-refractivity contribution is 5.94. The Kier molecular flexibility index (Phi) is 6.85. The van der Waals surface area contributed by atoms with Gasteiger partial charge in [-0.1, -0.05) is 42.5 Å². The lowest BCUT2D eigenvalue weighted by atomic mass is 10.1. The van der Waals surface area contributed by atoms with Gasteiger partial charge in [0.25, 0.3) is 0 Å². The van der Waals surface area contributed by atoms with Gasteiger partial charge in [-0.15, -0.1) is 0 Å². The van der Waals surface area contributed by atoms with Crippen LogP contribution >= 0.6 is 0 Å². The Bertz CT molecular complexity index is 1170. The van der Waals surface area contributed by atoms with E-state index in [4.69, 9.17) is 10.2 Å². The lowest BCUT2D eigenvalue weighted by Gasteiger charge is -2.01. The summed E-state index contributed by atoms with van der Waals surface area (Å²) in [5.74, 6) is -1.48. The van der Waals surface area contributed by atoms with Gasteiger partial charge in [-0.05, 0) is 36.2 Å². The smallest absolute Gasteiger partial charge is 0.335 e. The molecule has 2 heterocycles. The number of carboxylic acid groups (broad SMARTS) is 2. The van der Waals surface area contributed by atoms with E-state index in [1.165, 1.54) is 12.1 Å². The summed E-state index contributed by atoms with van der Waals surface area (Å²) < 4.78 is 1.82. The molecule has 4 aromatic rings. The highest BCUT2D eigenvalue weighted by atomic mass is 16.4. The molecule has 31 heavy (non-hydrogen) atoms. The molecular formula is C23H20N4O4. The summed E-state index contributed by atoms with van der Waals surface area (Å²) in [4.78, 5) is 29.5. The van der Waals surface area contributed by atoms with E-state index in [2.05, 4.69) is 15.1 Å². The van der Waals surface area contributed by atoms with Crippen LogP contribution < -0.4 is 0 Å². The summed E-state index contributed by atoms with van der Waals surface area (Å²) in [6.07, 6.45) is 5.35. The van der Waals surface area contributed by atoms with Crippen molar-refractivity contribution >= 4 is 11.9 Å². The van der Waals surface area contributed by atoms with Gasteiger partial charge < -0.3 is 10.2 Å². The van der Waals surface area contributed by atoms with Gasteiger partial charge >= 0.3 is 11.9 Å². The van der Waals surface area contributed by atoms with Crippen LogP contribution in [0.4, 0.5) is 0 Å². The lowest BCUT2D eigenvalue weighted by molar-refractivity contribution is 0.0695. The van der Waals surface area contributed by atoms with Crippen molar-refractivity contribution in [3.63, 3.8) is 0 Å². The second-order valence-corrected chi connectivity index (χ2v) is 6.63. The molecular weight excluding hydrogens is 396 g/mol. The Morgan fingerprint density at radius 2 is 1.74 bits per heavy atom. The SMILES string of the molecule is Cc1ccc(C(=O)O)cc1C(=O)O.c1ccc(-c2ncn(Cc3cccnc3)n2)cc1. The van der Waals surface area contributed by atoms with E-state index in [-0.39, 0.29) is 11.1 Å². The normalized spacial score (nSPS) is 10.1. The summed E-state index contributed by atoms with van der Waals surface area (Å²) >= 11 is 0. The molecule has 0 amide bonds. The van der Waals surface area contributed by atoms with E-state index in [9.17, 15) is 9.59 Å². The van der Waals surface area contributed by atoms with Crippen LogP contribution in [0.2, 0.25) is 0 Å². The van der Waals surface area contributed by atoms with Gasteiger partial charge in [-0.25, -0.2) is 19.3 Å². The predicted molar refractivity (Wildman–Crippen MR) is 114 cm³/mol. The van der Waals surface area contributed by atoms with Crippen LogP contribution in [0.5, 0.6) is 0 Å². The molecule has 0 spiro atoms. The van der Waals surface area contributed by atoms with Crippen molar-refractivity contribution in [2.45, 2.75) is 13.5 Å². The van der Waals surface area contributed by atoms with E-state index in [0.717, 1.165) is 23.0 Å². The molecule has 0 saturated heterocycles. The minimum atomic E-state index is -1.12. The van der Waals surface area contributed by atoms with Crippen molar-refractivity contribution < 1.29 is 19.8 Å². The molecule has 156 valence electrons. The molecule has 8 heteroatoms. The van der Waals surface area contributed by atoms with Crippen molar-refractivity contribution in [3.8, 4) is 11.4 Å². The molecule has 0 saturated carbocycles. The molecule has 0 radical (unpaired) electrons. The standard InChI is InChI=1S/C14H12N4.C9H8O4/c1-2-6-13(7-3-1)14-16-11-18(17-14)10-12-5-4-8-15-9-12;1-5-2-3-6(8(10)11)4-7(5)9(12)13/h1-9,11H,10H2;2-4H,1H3,(H,10,11)(H,12,13). The zero-order valence-corrected chi connectivity index (χ0v) is 16.7. The molecule has 0 fully saturated rings. The predicted octanol–water partition coefficient (Wildman–Crippen LogP) is 3.78. The molecule has 2 aromatic heterocycles. The third kappa shape index (κ3) is 5.83. The summed E-state index contributed by atoms with van der Waals surface area (Å²) in [7, 11) is 0. The maximum Gasteiger partial charge on any atom is 0.335 e. The first kappa shape index (κ1) is 21.4. The summed E-state index contributed by atoms with van der Waals surface area (Å²) in [5, 5.41) is 21.7. The second-order valence-electron chi connectivity index (χ2n) is 6.63. The van der Waals surface area contributed by atoms with E-state index >= 15 is 0 Å². The molecule has 2 N–H and O–H groups in total. The van der Waals surface area contributed by atoms with Gasteiger partial charge in [-0.2, -0.15) is 5.10 Å². The highest BCUT2D eigenvalue weighted by Crippen LogP contribution is 2.13. The third-order valence-electron chi connectivity index (χ3n) is 4.35. The monoisotopic (exact) mass is 416 g/mol. The third-order valence-corrected chi connectivity index (χ3v) is 4.35. The van der Waals surface area contributed by atoms with Gasteiger partial charge in [0, 0.05) is 18.0 Å². The van der Waals surface area contributed by atoms with E-state index in [1.807, 2.05) is 53.3 Å². The van der Waals surface area contributed by atoms with Gasteiger partial charge in [-0.3, -0.25) is 4.98 Å². The fourth-order valence-electron chi connectivity index (χ4n) is 2.75. The first-order chi connectivity index (χ1) is 14.9. The van der Waals surface area contributed by atoms with Crippen LogP contribution in [0.1, 0.15) is 31.8 Å². The molecule has 0 aliphatic carbocycles. The lowest BCUT2D eigenvalue weighted by Crippen LogP contribution is -2.03. The Morgan fingerprint density at radius 3 is 2.39 bits per heavy atom. The molecule has 4 rings (SSSR count). The number of aryl methyl sites for hydroxylation is 1. The minimum Gasteiger partial charge on any atom is -0.478 e. The van der Waals surface area contributed by atoms with Crippen molar-refractivity contribution in [2.75, 3.05) is 0 Å². The number of hydrogen-bond donors (Lipinski definition) is 2. The average Bonchev–Trinajstić information content (AvgIpc) is 3.24. The quantitative estimate of drug-likeness (QED) is 0.508. The number of benzene rings is 2. The van der Waals surface area contributed by atoms with Crippen LogP contribution in [0.25, 0.3) is 11.4 Å². The first-order valence-corrected chi connectivity index (χ1v) is 9.35. The van der Waals surface area contributed by atoms with Gasteiger partial charge in [0.15, 0.2) is 5.82 Å². The Balaban J connectivity index is 0.000000187. The number of hydrogen-bond acceptors (Lipinski definition) is 5. The molecule has 0 unspecified atom stereocenters. The zero-order chi connectivity index (χ0) is 22.2. The van der Waals surface area contributed by atoms with Crippen LogP contribution in [-0.4, -0.2) is 41.9 Å². The van der Waals surface area contributed by atoms with Gasteiger partial charge in [0.05, 0.1) is 17.7 Å². The van der Waals surface area contributed by atoms with Crippen molar-refractivity contribution in [1.82, 2.24) is 19.7 Å². The van der Waals surface area contributed by atoms with Gasteiger partial charge in [0.1, 0.15) is 6.33 Å². The van der Waals surface area contributed by atoms with E-state index < -0.39 is 11.9 Å². The van der Waals surface area contributed by atoms with Crippen LogP contribution in [0, 0.1) is 6.92 Å². The molecule has 0 aliphatic heterocycles. The van der Waals surface area contributed by atoms with Crippen molar-refractivity contribution in [3.05, 3.63) is 102 Å². The fourth-order valence-corrected chi connectivity index (χ4v) is 2.75. The van der Waals surface area contributed by atoms with Crippen LogP contribution in [0.3, 0.4) is 0 Å². The largest absolute Gasteiger partial charge is 0.478 e. The molecule has 0 atom stereocenters. The Hall–Kier alpha value is -4.33. The molecule has 0 aliphatic rings. The maximum atomic E-state index is 10.6. The molecule has 8 nitrogen and oxygen atoms in total. The number of aromatic nitrogens is 4. The average molecular weight is 416 g/mol. The van der Waals surface area contributed by atoms with Gasteiger partial charge in [0.2, 0.25) is 0 Å². The molecule has 2 aromatic carbocycles. The van der Waals surface area contributed by atoms with Crippen molar-refractivity contribution in [2.24, 2.45) is 0 Å². The highest BCUT2D eigenvalue weighted by Gasteiger charge is 2.10. The number of nitrogens with zero attached hydrogens (tertiary/aromatic N) is 4. The van der Waals surface area contributed by atoms with Crippen LogP contribution in [0.15, 0.2) is 79.4 Å². The number of carbonyl (C=O) groups is 2. The van der Waals surface area contributed by atoms with E-state index in [1.54, 1.807) is 19.4 Å². The number of rotatable bonds is 5. The Labute approximate surface area is 178 Å². The second kappa shape index (κ2) is 9.93. The first-order valence-electron chi connectivity index (χ1n) is 9.35. The number of aromatic carboxylic acids is 2. The number of pyridine rings is 1.